The van der Waals surface area contributed by atoms with Gasteiger partial charge in [0.1, 0.15) is 12.6 Å². The van der Waals surface area contributed by atoms with Crippen LogP contribution in [0.2, 0.25) is 0 Å². The summed E-state index contributed by atoms with van der Waals surface area (Å²) in [4.78, 5) is 0. The summed E-state index contributed by atoms with van der Waals surface area (Å²) >= 11 is 0. The van der Waals surface area contributed by atoms with E-state index in [4.69, 9.17) is 5.26 Å². The molecule has 0 saturated carbocycles. The van der Waals surface area contributed by atoms with Crippen LogP contribution in [0.5, 0.6) is 0 Å². The third kappa shape index (κ3) is 4.65. The van der Waals surface area contributed by atoms with Gasteiger partial charge in [-0.25, -0.2) is 0 Å². The van der Waals surface area contributed by atoms with Crippen LogP contribution in [0.25, 0.3) is 0 Å². The molecule has 0 fully saturated rings. The SMILES string of the molecule is CC[C@@H](C)[C@H](C#N)[NH2+]Cc1ccccc1.[Cl-]. The molecule has 2 nitrogen and oxygen atoms in total. The molecule has 0 aliphatic heterocycles. The second-order valence-electron chi connectivity index (χ2n) is 3.97. The van der Waals surface area contributed by atoms with Gasteiger partial charge in [-0.2, -0.15) is 5.26 Å². The van der Waals surface area contributed by atoms with E-state index in [2.05, 4.69) is 37.4 Å². The topological polar surface area (TPSA) is 40.4 Å². The van der Waals surface area contributed by atoms with Crippen molar-refractivity contribution in [3.05, 3.63) is 35.9 Å². The van der Waals surface area contributed by atoms with E-state index in [1.54, 1.807) is 0 Å². The maximum absolute atomic E-state index is 9.02. The first-order valence-electron chi connectivity index (χ1n) is 5.54. The quantitative estimate of drug-likeness (QED) is 0.680. The van der Waals surface area contributed by atoms with Crippen LogP contribution in [-0.2, 0) is 6.54 Å². The van der Waals surface area contributed by atoms with Crippen molar-refractivity contribution in [1.82, 2.24) is 0 Å². The number of rotatable bonds is 5. The van der Waals surface area contributed by atoms with Crippen molar-refractivity contribution in [2.75, 3.05) is 0 Å². The normalized spacial score (nSPS) is 13.3. The zero-order valence-corrected chi connectivity index (χ0v) is 10.6. The monoisotopic (exact) mass is 238 g/mol. The lowest BCUT2D eigenvalue weighted by Gasteiger charge is -2.13. The molecule has 1 rings (SSSR count). The van der Waals surface area contributed by atoms with Crippen LogP contribution in [0.15, 0.2) is 30.3 Å². The van der Waals surface area contributed by atoms with Crippen LogP contribution >= 0.6 is 0 Å². The molecule has 88 valence electrons. The molecule has 3 heteroatoms. The molecule has 0 saturated heterocycles. The van der Waals surface area contributed by atoms with Crippen LogP contribution in [0.4, 0.5) is 0 Å². The Labute approximate surface area is 104 Å². The highest BCUT2D eigenvalue weighted by Gasteiger charge is 2.17. The van der Waals surface area contributed by atoms with Gasteiger partial charge < -0.3 is 17.7 Å². The number of halogens is 1. The Morgan fingerprint density at radius 2 is 1.94 bits per heavy atom. The highest BCUT2D eigenvalue weighted by Crippen LogP contribution is 2.03. The molecule has 0 heterocycles. The first-order valence-corrected chi connectivity index (χ1v) is 5.54. The van der Waals surface area contributed by atoms with Crippen molar-refractivity contribution in [3.8, 4) is 6.07 Å². The van der Waals surface area contributed by atoms with Gasteiger partial charge in [-0.1, -0.05) is 44.2 Å². The van der Waals surface area contributed by atoms with Crippen molar-refractivity contribution in [1.29, 1.82) is 5.26 Å². The predicted octanol–water partition coefficient (Wildman–Crippen LogP) is -1.31. The van der Waals surface area contributed by atoms with Gasteiger partial charge in [0, 0.05) is 11.5 Å². The number of hydrogen-bond donors (Lipinski definition) is 1. The number of benzene rings is 1. The molecule has 0 radical (unpaired) electrons. The first-order chi connectivity index (χ1) is 7.27. The lowest BCUT2D eigenvalue weighted by Crippen LogP contribution is -3.00. The van der Waals surface area contributed by atoms with Gasteiger partial charge in [-0.3, -0.25) is 0 Å². The van der Waals surface area contributed by atoms with Gasteiger partial charge in [0.25, 0.3) is 0 Å². The van der Waals surface area contributed by atoms with E-state index in [1.165, 1.54) is 5.56 Å². The smallest absolute Gasteiger partial charge is 0.176 e. The van der Waals surface area contributed by atoms with Gasteiger partial charge in [0.2, 0.25) is 0 Å². The molecule has 2 N–H and O–H groups in total. The van der Waals surface area contributed by atoms with Crippen LogP contribution in [0, 0.1) is 17.2 Å². The van der Waals surface area contributed by atoms with Crippen LogP contribution in [-0.4, -0.2) is 6.04 Å². The van der Waals surface area contributed by atoms with E-state index in [0.29, 0.717) is 5.92 Å². The Hall–Kier alpha value is -1.04. The standard InChI is InChI=1S/C13H18N2.ClH/c1-3-11(2)13(9-14)15-10-12-7-5-4-6-8-12;/h4-8,11,13,15H,3,10H2,1-2H3;1H/t11-,13+;/m1./s1. The minimum atomic E-state index is 0. The van der Waals surface area contributed by atoms with Crippen molar-refractivity contribution < 1.29 is 17.7 Å². The second-order valence-corrected chi connectivity index (χ2v) is 3.97. The van der Waals surface area contributed by atoms with Crippen molar-refractivity contribution in [3.63, 3.8) is 0 Å². The van der Waals surface area contributed by atoms with Crippen LogP contribution in [0.1, 0.15) is 25.8 Å². The molecule has 0 amide bonds. The number of hydrogen-bond acceptors (Lipinski definition) is 1. The van der Waals surface area contributed by atoms with Crippen molar-refractivity contribution >= 4 is 0 Å². The van der Waals surface area contributed by atoms with E-state index >= 15 is 0 Å². The fraction of sp³-hybridized carbons (Fsp3) is 0.462. The number of nitrogens with zero attached hydrogens (tertiary/aromatic N) is 1. The molecule has 0 aliphatic carbocycles. The van der Waals surface area contributed by atoms with Gasteiger partial charge in [0.15, 0.2) is 6.04 Å². The molecular weight excluding hydrogens is 220 g/mol. The molecule has 0 bridgehead atoms. The Morgan fingerprint density at radius 1 is 1.31 bits per heavy atom. The maximum Gasteiger partial charge on any atom is 0.176 e. The van der Waals surface area contributed by atoms with Crippen molar-refractivity contribution in [2.24, 2.45) is 5.92 Å². The molecular formula is C13H19ClN2. The molecule has 0 aliphatic rings. The highest BCUT2D eigenvalue weighted by atomic mass is 35.5. The Kier molecular flexibility index (Phi) is 7.62. The fourth-order valence-electron chi connectivity index (χ4n) is 1.54. The average Bonchev–Trinajstić information content (AvgIpc) is 2.31. The van der Waals surface area contributed by atoms with Gasteiger partial charge in [-0.15, -0.1) is 0 Å². The van der Waals surface area contributed by atoms with Crippen LogP contribution < -0.4 is 17.7 Å². The van der Waals surface area contributed by atoms with Crippen LogP contribution in [0.3, 0.4) is 0 Å². The first kappa shape index (κ1) is 15.0. The lowest BCUT2D eigenvalue weighted by molar-refractivity contribution is -0.698. The molecule has 1 aromatic rings. The van der Waals surface area contributed by atoms with E-state index in [9.17, 15) is 0 Å². The Morgan fingerprint density at radius 3 is 2.44 bits per heavy atom. The minimum absolute atomic E-state index is 0. The summed E-state index contributed by atoms with van der Waals surface area (Å²) in [5, 5.41) is 11.2. The molecule has 0 spiro atoms. The predicted molar refractivity (Wildman–Crippen MR) is 60.9 cm³/mol. The third-order valence-corrected chi connectivity index (χ3v) is 2.86. The lowest BCUT2D eigenvalue weighted by atomic mass is 10.0. The third-order valence-electron chi connectivity index (χ3n) is 2.86. The maximum atomic E-state index is 9.02. The zero-order chi connectivity index (χ0) is 11.1. The number of nitrogens with two attached hydrogens (primary N) is 1. The molecule has 0 unspecified atom stereocenters. The summed E-state index contributed by atoms with van der Waals surface area (Å²) in [5.74, 6) is 0.457. The molecule has 2 atom stereocenters. The fourth-order valence-corrected chi connectivity index (χ4v) is 1.54. The summed E-state index contributed by atoms with van der Waals surface area (Å²) in [5.41, 5.74) is 1.28. The average molecular weight is 239 g/mol. The second kappa shape index (κ2) is 8.15. The van der Waals surface area contributed by atoms with E-state index in [1.807, 2.05) is 18.2 Å². The zero-order valence-electron chi connectivity index (χ0n) is 9.86. The molecule has 16 heavy (non-hydrogen) atoms. The Balaban J connectivity index is 0.00000225. The minimum Gasteiger partial charge on any atom is -1.00 e. The Bertz CT molecular complexity index is 318. The number of quaternary nitrogens is 1. The van der Waals surface area contributed by atoms with E-state index in [0.717, 1.165) is 13.0 Å². The number of nitriles is 1. The molecule has 1 aromatic carbocycles. The van der Waals surface area contributed by atoms with Gasteiger partial charge in [0.05, 0.1) is 0 Å². The summed E-state index contributed by atoms with van der Waals surface area (Å²) in [6, 6.07) is 12.7. The summed E-state index contributed by atoms with van der Waals surface area (Å²) in [7, 11) is 0. The van der Waals surface area contributed by atoms with Crippen molar-refractivity contribution in [2.45, 2.75) is 32.9 Å². The summed E-state index contributed by atoms with van der Waals surface area (Å²) in [6.07, 6.45) is 1.06. The van der Waals surface area contributed by atoms with E-state index in [-0.39, 0.29) is 18.4 Å². The van der Waals surface area contributed by atoms with Gasteiger partial charge >= 0.3 is 0 Å². The summed E-state index contributed by atoms with van der Waals surface area (Å²) < 4.78 is 0. The largest absolute Gasteiger partial charge is 1.00 e. The molecule has 0 aromatic heterocycles. The van der Waals surface area contributed by atoms with E-state index < -0.39 is 0 Å². The van der Waals surface area contributed by atoms with Gasteiger partial charge in [-0.05, 0) is 6.42 Å². The summed E-state index contributed by atoms with van der Waals surface area (Å²) in [6.45, 7) is 5.16. The highest BCUT2D eigenvalue weighted by molar-refractivity contribution is 5.13.